The van der Waals surface area contributed by atoms with Crippen molar-refractivity contribution in [1.82, 2.24) is 10.3 Å². The van der Waals surface area contributed by atoms with E-state index in [1.165, 1.54) is 6.20 Å². The number of ketones is 1. The van der Waals surface area contributed by atoms with E-state index in [2.05, 4.69) is 10.3 Å². The lowest BCUT2D eigenvalue weighted by Gasteiger charge is -2.04. The topological polar surface area (TPSA) is 68.0 Å². The molecule has 0 aliphatic carbocycles. The zero-order chi connectivity index (χ0) is 11.3. The zero-order valence-corrected chi connectivity index (χ0v) is 9.34. The number of Topliss-reactive ketones (excluding diaryl/α,β-unsaturated/α-hetero) is 1. The molecule has 0 aliphatic rings. The largest absolute Gasteiger partial charge is 0.383 e. The molecule has 0 radical (unpaired) electrons. The maximum atomic E-state index is 11.7. The smallest absolute Gasteiger partial charge is 0.166 e. The molecule has 4 nitrogen and oxygen atoms in total. The third-order valence-corrected chi connectivity index (χ3v) is 2.22. The minimum absolute atomic E-state index is 0.0160. The van der Waals surface area contributed by atoms with Gasteiger partial charge in [-0.1, -0.05) is 11.6 Å². The van der Waals surface area contributed by atoms with Crippen LogP contribution in [0.5, 0.6) is 0 Å². The van der Waals surface area contributed by atoms with Gasteiger partial charge in [-0.2, -0.15) is 0 Å². The molecule has 0 unspecified atom stereocenters. The summed E-state index contributed by atoms with van der Waals surface area (Å²) in [7, 11) is 1.85. The third-order valence-electron chi connectivity index (χ3n) is 2.02. The first-order valence-electron chi connectivity index (χ1n) is 4.74. The van der Waals surface area contributed by atoms with Gasteiger partial charge in [-0.05, 0) is 26.1 Å². The second-order valence-electron chi connectivity index (χ2n) is 3.22. The normalized spacial score (nSPS) is 10.3. The number of nitrogens with zero attached hydrogens (tertiary/aromatic N) is 1. The quantitative estimate of drug-likeness (QED) is 0.591. The van der Waals surface area contributed by atoms with Crippen molar-refractivity contribution in [3.8, 4) is 0 Å². The van der Waals surface area contributed by atoms with E-state index in [0.717, 1.165) is 13.0 Å². The van der Waals surface area contributed by atoms with Gasteiger partial charge in [-0.15, -0.1) is 0 Å². The summed E-state index contributed by atoms with van der Waals surface area (Å²) in [5.74, 6) is 0.228. The molecule has 0 saturated carbocycles. The van der Waals surface area contributed by atoms with Gasteiger partial charge in [0, 0.05) is 12.6 Å². The van der Waals surface area contributed by atoms with Crippen molar-refractivity contribution in [2.75, 3.05) is 19.3 Å². The van der Waals surface area contributed by atoms with Gasteiger partial charge < -0.3 is 11.1 Å². The van der Waals surface area contributed by atoms with Gasteiger partial charge >= 0.3 is 0 Å². The van der Waals surface area contributed by atoms with E-state index >= 15 is 0 Å². The summed E-state index contributed by atoms with van der Waals surface area (Å²) in [6.45, 7) is 0.805. The van der Waals surface area contributed by atoms with Crippen LogP contribution >= 0.6 is 11.6 Å². The molecule has 3 N–H and O–H groups in total. The molecule has 15 heavy (non-hydrogen) atoms. The fourth-order valence-corrected chi connectivity index (χ4v) is 1.39. The lowest BCUT2D eigenvalue weighted by Crippen LogP contribution is -2.11. The van der Waals surface area contributed by atoms with Crippen LogP contribution in [0.15, 0.2) is 12.3 Å². The highest BCUT2D eigenvalue weighted by Gasteiger charge is 2.10. The summed E-state index contributed by atoms with van der Waals surface area (Å²) in [4.78, 5) is 15.5. The zero-order valence-electron chi connectivity index (χ0n) is 8.59. The predicted octanol–water partition coefficient (Wildman–Crippen LogP) is 1.50. The van der Waals surface area contributed by atoms with Crippen LogP contribution < -0.4 is 11.1 Å². The number of aromatic nitrogens is 1. The third kappa shape index (κ3) is 3.49. The van der Waals surface area contributed by atoms with Gasteiger partial charge in [0.25, 0.3) is 0 Å². The fourth-order valence-electron chi connectivity index (χ4n) is 1.23. The molecule has 0 aromatic carbocycles. The van der Waals surface area contributed by atoms with Crippen molar-refractivity contribution in [3.63, 3.8) is 0 Å². The minimum Gasteiger partial charge on any atom is -0.383 e. The van der Waals surface area contributed by atoms with Crippen LogP contribution in [-0.4, -0.2) is 24.4 Å². The first kappa shape index (κ1) is 11.9. The average molecular weight is 228 g/mol. The first-order valence-corrected chi connectivity index (χ1v) is 5.11. The Kier molecular flexibility index (Phi) is 4.52. The minimum atomic E-state index is -0.0160. The summed E-state index contributed by atoms with van der Waals surface area (Å²) in [6, 6.07) is 1.56. The number of halogens is 1. The van der Waals surface area contributed by atoms with Crippen LogP contribution in [0.1, 0.15) is 23.2 Å². The number of hydrogen-bond donors (Lipinski definition) is 2. The first-order chi connectivity index (χ1) is 7.15. The molecular weight excluding hydrogens is 214 g/mol. The molecule has 1 rings (SSSR count). The average Bonchev–Trinajstić information content (AvgIpc) is 2.22. The molecule has 1 aromatic rings. The number of carbonyl (C=O) groups excluding carboxylic acids is 1. The second-order valence-corrected chi connectivity index (χ2v) is 3.65. The number of pyridine rings is 1. The van der Waals surface area contributed by atoms with Crippen molar-refractivity contribution in [3.05, 3.63) is 22.8 Å². The van der Waals surface area contributed by atoms with Gasteiger partial charge in [0.15, 0.2) is 5.78 Å². The van der Waals surface area contributed by atoms with Crippen LogP contribution in [0.25, 0.3) is 0 Å². The number of nitrogen functional groups attached to an aromatic ring is 1. The van der Waals surface area contributed by atoms with E-state index in [0.29, 0.717) is 17.0 Å². The summed E-state index contributed by atoms with van der Waals surface area (Å²) in [6.07, 6.45) is 2.66. The van der Waals surface area contributed by atoms with Crippen molar-refractivity contribution >= 4 is 23.2 Å². The maximum absolute atomic E-state index is 11.7. The van der Waals surface area contributed by atoms with E-state index < -0.39 is 0 Å². The summed E-state index contributed by atoms with van der Waals surface area (Å²) in [5, 5.41) is 3.41. The number of nitrogens with two attached hydrogens (primary N) is 1. The van der Waals surface area contributed by atoms with E-state index in [9.17, 15) is 4.79 Å². The molecule has 0 amide bonds. The van der Waals surface area contributed by atoms with Crippen LogP contribution in [0.3, 0.4) is 0 Å². The number of rotatable bonds is 5. The van der Waals surface area contributed by atoms with Crippen molar-refractivity contribution < 1.29 is 4.79 Å². The van der Waals surface area contributed by atoms with Gasteiger partial charge in [-0.3, -0.25) is 4.79 Å². The highest BCUT2D eigenvalue weighted by molar-refractivity contribution is 6.31. The Morgan fingerprint density at radius 3 is 3.07 bits per heavy atom. The van der Waals surface area contributed by atoms with E-state index in [-0.39, 0.29) is 11.6 Å². The molecule has 1 heterocycles. The molecule has 82 valence electrons. The Labute approximate surface area is 93.8 Å². The lowest BCUT2D eigenvalue weighted by atomic mass is 10.1. The highest BCUT2D eigenvalue weighted by atomic mass is 35.5. The van der Waals surface area contributed by atoms with E-state index in [1.807, 2.05) is 7.05 Å². The Morgan fingerprint density at radius 2 is 2.40 bits per heavy atom. The van der Waals surface area contributed by atoms with E-state index in [4.69, 9.17) is 17.3 Å². The molecular formula is C10H14ClN3O. The summed E-state index contributed by atoms with van der Waals surface area (Å²) in [5.41, 5.74) is 6.00. The van der Waals surface area contributed by atoms with Gasteiger partial charge in [0.05, 0.1) is 10.6 Å². The molecule has 0 spiro atoms. The Hall–Kier alpha value is -1.13. The van der Waals surface area contributed by atoms with Crippen LogP contribution in [0.2, 0.25) is 5.02 Å². The number of hydrogen-bond acceptors (Lipinski definition) is 4. The summed E-state index contributed by atoms with van der Waals surface area (Å²) >= 11 is 5.74. The van der Waals surface area contributed by atoms with Crippen molar-refractivity contribution in [2.45, 2.75) is 12.8 Å². The van der Waals surface area contributed by atoms with Gasteiger partial charge in [-0.25, -0.2) is 4.98 Å². The molecule has 1 aromatic heterocycles. The van der Waals surface area contributed by atoms with Gasteiger partial charge in [0.2, 0.25) is 0 Å². The SMILES string of the molecule is CNCCCC(=O)c1cc(Cl)cnc1N. The molecule has 0 bridgehead atoms. The Morgan fingerprint density at radius 1 is 1.67 bits per heavy atom. The van der Waals surface area contributed by atoms with Crippen molar-refractivity contribution in [1.29, 1.82) is 0 Å². The monoisotopic (exact) mass is 227 g/mol. The second kappa shape index (κ2) is 5.68. The van der Waals surface area contributed by atoms with E-state index in [1.54, 1.807) is 6.07 Å². The van der Waals surface area contributed by atoms with Crippen LogP contribution in [0, 0.1) is 0 Å². The van der Waals surface area contributed by atoms with Crippen LogP contribution in [-0.2, 0) is 0 Å². The van der Waals surface area contributed by atoms with Gasteiger partial charge in [0.1, 0.15) is 5.82 Å². The molecule has 5 heteroatoms. The molecule has 0 saturated heterocycles. The van der Waals surface area contributed by atoms with Crippen LogP contribution in [0.4, 0.5) is 5.82 Å². The lowest BCUT2D eigenvalue weighted by molar-refractivity contribution is 0.0981. The molecule has 0 aliphatic heterocycles. The number of carbonyl (C=O) groups is 1. The summed E-state index contributed by atoms with van der Waals surface area (Å²) < 4.78 is 0. The maximum Gasteiger partial charge on any atom is 0.166 e. The fraction of sp³-hybridized carbons (Fsp3) is 0.400. The standard InChI is InChI=1S/C10H14ClN3O/c1-13-4-2-3-9(15)8-5-7(11)6-14-10(8)12/h5-6,13H,2-4H2,1H3,(H2,12,14). The predicted molar refractivity (Wildman–Crippen MR) is 61.2 cm³/mol. The Balaban J connectivity index is 2.68. The number of nitrogens with one attached hydrogen (secondary N) is 1. The highest BCUT2D eigenvalue weighted by Crippen LogP contribution is 2.16. The molecule has 0 fully saturated rings. The van der Waals surface area contributed by atoms with Crippen molar-refractivity contribution in [2.24, 2.45) is 0 Å². The molecule has 0 atom stereocenters. The Bertz CT molecular complexity index is 355. The number of anilines is 1.